The van der Waals surface area contributed by atoms with E-state index >= 15 is 0 Å². The highest BCUT2D eigenvalue weighted by Crippen LogP contribution is 2.12. The van der Waals surface area contributed by atoms with Crippen molar-refractivity contribution in [3.8, 4) is 0 Å². The van der Waals surface area contributed by atoms with Crippen molar-refractivity contribution in [2.45, 2.75) is 51.8 Å². The molecule has 0 aliphatic carbocycles. The van der Waals surface area contributed by atoms with Gasteiger partial charge in [0.25, 0.3) is 0 Å². The standard InChI is InChI=1S/C20H30N4O2/c1-3-16(4-2)19(25)11-22-20(26)18(21)10-17-13-24(14-23-17)12-15-8-6-5-7-9-15/h5-9,13-14,16,18-19,25H,3-4,10-12,21H2,1-2H3,(H,22,26)/t18-,19?/m0/s1. The summed E-state index contributed by atoms with van der Waals surface area (Å²) in [6.07, 6.45) is 5.28. The highest BCUT2D eigenvalue weighted by Gasteiger charge is 2.19. The van der Waals surface area contributed by atoms with E-state index in [4.69, 9.17) is 5.73 Å². The molecule has 6 nitrogen and oxygen atoms in total. The number of nitrogens with two attached hydrogens (primary N) is 1. The van der Waals surface area contributed by atoms with E-state index in [2.05, 4.69) is 22.4 Å². The highest BCUT2D eigenvalue weighted by atomic mass is 16.3. The van der Waals surface area contributed by atoms with E-state index in [0.717, 1.165) is 25.1 Å². The largest absolute Gasteiger partial charge is 0.391 e. The molecule has 142 valence electrons. The smallest absolute Gasteiger partial charge is 0.237 e. The SMILES string of the molecule is CCC(CC)C(O)CNC(=O)[C@@H](N)Cc1cn(Cc2ccccc2)cn1. The number of rotatable bonds is 10. The fourth-order valence-corrected chi connectivity index (χ4v) is 3.05. The van der Waals surface area contributed by atoms with Gasteiger partial charge in [0.2, 0.25) is 5.91 Å². The number of carbonyl (C=O) groups is 1. The molecule has 1 unspecified atom stereocenters. The van der Waals surface area contributed by atoms with Gasteiger partial charge in [0.1, 0.15) is 0 Å². The Hall–Kier alpha value is -2.18. The molecule has 0 aliphatic rings. The fraction of sp³-hybridized carbons (Fsp3) is 0.500. The molecule has 4 N–H and O–H groups in total. The molecule has 0 saturated carbocycles. The van der Waals surface area contributed by atoms with Gasteiger partial charge < -0.3 is 20.7 Å². The first-order valence-electron chi connectivity index (χ1n) is 9.29. The van der Waals surface area contributed by atoms with Gasteiger partial charge in [-0.05, 0) is 11.5 Å². The lowest BCUT2D eigenvalue weighted by atomic mass is 9.96. The van der Waals surface area contributed by atoms with Crippen molar-refractivity contribution >= 4 is 5.91 Å². The minimum Gasteiger partial charge on any atom is -0.391 e. The van der Waals surface area contributed by atoms with Crippen LogP contribution < -0.4 is 11.1 Å². The Kier molecular flexibility index (Phi) is 7.81. The second-order valence-electron chi connectivity index (χ2n) is 6.72. The Morgan fingerprint density at radius 2 is 1.96 bits per heavy atom. The molecule has 26 heavy (non-hydrogen) atoms. The van der Waals surface area contributed by atoms with E-state index in [1.165, 1.54) is 5.56 Å². The number of aliphatic hydroxyl groups excluding tert-OH is 1. The van der Waals surface area contributed by atoms with Gasteiger partial charge in [-0.25, -0.2) is 4.98 Å². The van der Waals surface area contributed by atoms with Gasteiger partial charge in [-0.3, -0.25) is 4.79 Å². The Balaban J connectivity index is 1.81. The quantitative estimate of drug-likeness (QED) is 0.603. The third-order valence-electron chi connectivity index (χ3n) is 4.74. The molecule has 2 atom stereocenters. The predicted molar refractivity (Wildman–Crippen MR) is 103 cm³/mol. The van der Waals surface area contributed by atoms with Crippen LogP contribution in [-0.4, -0.2) is 39.3 Å². The molecule has 2 aromatic rings. The van der Waals surface area contributed by atoms with Gasteiger partial charge in [-0.15, -0.1) is 0 Å². The molecular weight excluding hydrogens is 328 g/mol. The number of nitrogens with zero attached hydrogens (tertiary/aromatic N) is 2. The fourth-order valence-electron chi connectivity index (χ4n) is 3.05. The summed E-state index contributed by atoms with van der Waals surface area (Å²) in [5.41, 5.74) is 7.97. The van der Waals surface area contributed by atoms with Crippen molar-refractivity contribution in [1.29, 1.82) is 0 Å². The zero-order valence-electron chi connectivity index (χ0n) is 15.6. The zero-order valence-corrected chi connectivity index (χ0v) is 15.6. The van der Waals surface area contributed by atoms with Crippen molar-refractivity contribution in [3.05, 3.63) is 54.1 Å². The number of aliphatic hydroxyl groups is 1. The normalized spacial score (nSPS) is 13.6. The zero-order chi connectivity index (χ0) is 18.9. The molecule has 0 spiro atoms. The lowest BCUT2D eigenvalue weighted by Gasteiger charge is -2.21. The van der Waals surface area contributed by atoms with Gasteiger partial charge >= 0.3 is 0 Å². The molecule has 0 saturated heterocycles. The van der Waals surface area contributed by atoms with Crippen molar-refractivity contribution in [3.63, 3.8) is 0 Å². The first-order valence-corrected chi connectivity index (χ1v) is 9.29. The average Bonchev–Trinajstić information content (AvgIpc) is 3.08. The van der Waals surface area contributed by atoms with E-state index in [-0.39, 0.29) is 18.4 Å². The summed E-state index contributed by atoms with van der Waals surface area (Å²) in [4.78, 5) is 16.5. The van der Waals surface area contributed by atoms with Crippen LogP contribution in [0.1, 0.15) is 37.9 Å². The molecule has 2 rings (SSSR count). The van der Waals surface area contributed by atoms with Gasteiger partial charge in [0.15, 0.2) is 0 Å². The molecule has 0 bridgehead atoms. The second-order valence-corrected chi connectivity index (χ2v) is 6.72. The second kappa shape index (κ2) is 10.1. The lowest BCUT2D eigenvalue weighted by molar-refractivity contribution is -0.123. The van der Waals surface area contributed by atoms with Gasteiger partial charge in [0, 0.05) is 25.7 Å². The number of hydrogen-bond donors (Lipinski definition) is 3. The molecule has 0 fully saturated rings. The van der Waals surface area contributed by atoms with Crippen LogP contribution in [0.25, 0.3) is 0 Å². The van der Waals surface area contributed by atoms with Gasteiger partial charge in [-0.2, -0.15) is 0 Å². The molecule has 6 heteroatoms. The van der Waals surface area contributed by atoms with Crippen LogP contribution in [0.2, 0.25) is 0 Å². The van der Waals surface area contributed by atoms with Gasteiger partial charge in [0.05, 0.1) is 24.2 Å². The predicted octanol–water partition coefficient (Wildman–Crippen LogP) is 1.71. The minimum atomic E-state index is -0.677. The maximum atomic E-state index is 12.2. The number of nitrogens with one attached hydrogen (secondary N) is 1. The number of hydrogen-bond acceptors (Lipinski definition) is 4. The van der Waals surface area contributed by atoms with Crippen LogP contribution in [0.15, 0.2) is 42.9 Å². The molecule has 0 radical (unpaired) electrons. The molecule has 1 amide bonds. The maximum Gasteiger partial charge on any atom is 0.237 e. The van der Waals surface area contributed by atoms with E-state index in [9.17, 15) is 9.90 Å². The number of carbonyl (C=O) groups excluding carboxylic acids is 1. The Labute approximate surface area is 155 Å². The summed E-state index contributed by atoms with van der Waals surface area (Å²) in [5.74, 6) is -0.0622. The van der Waals surface area contributed by atoms with Crippen molar-refractivity contribution in [2.75, 3.05) is 6.54 Å². The Morgan fingerprint density at radius 3 is 2.62 bits per heavy atom. The third-order valence-corrected chi connectivity index (χ3v) is 4.74. The molecule has 0 aliphatic heterocycles. The lowest BCUT2D eigenvalue weighted by Crippen LogP contribution is -2.45. The number of amides is 1. The van der Waals surface area contributed by atoms with E-state index < -0.39 is 12.1 Å². The summed E-state index contributed by atoms with van der Waals surface area (Å²) < 4.78 is 1.98. The van der Waals surface area contributed by atoms with E-state index in [0.29, 0.717) is 6.42 Å². The maximum absolute atomic E-state index is 12.2. The Morgan fingerprint density at radius 1 is 1.27 bits per heavy atom. The summed E-state index contributed by atoms with van der Waals surface area (Å²) in [6.45, 7) is 5.05. The van der Waals surface area contributed by atoms with Crippen LogP contribution in [0.5, 0.6) is 0 Å². The number of imidazole rings is 1. The number of aromatic nitrogens is 2. The van der Waals surface area contributed by atoms with E-state index in [1.54, 1.807) is 6.33 Å². The van der Waals surface area contributed by atoms with Crippen LogP contribution in [-0.2, 0) is 17.8 Å². The average molecular weight is 358 g/mol. The molecule has 1 aromatic carbocycles. The van der Waals surface area contributed by atoms with Crippen molar-refractivity contribution in [1.82, 2.24) is 14.9 Å². The van der Waals surface area contributed by atoms with Crippen LogP contribution in [0.4, 0.5) is 0 Å². The van der Waals surface area contributed by atoms with Crippen LogP contribution in [0.3, 0.4) is 0 Å². The molecular formula is C20H30N4O2. The third kappa shape index (κ3) is 5.97. The molecule has 1 aromatic heterocycles. The first kappa shape index (κ1) is 20.1. The first-order chi connectivity index (χ1) is 12.5. The molecule has 1 heterocycles. The summed E-state index contributed by atoms with van der Waals surface area (Å²) in [6, 6.07) is 9.44. The number of benzene rings is 1. The highest BCUT2D eigenvalue weighted by molar-refractivity contribution is 5.81. The van der Waals surface area contributed by atoms with Gasteiger partial charge in [-0.1, -0.05) is 57.0 Å². The summed E-state index contributed by atoms with van der Waals surface area (Å²) in [5, 5.41) is 12.9. The van der Waals surface area contributed by atoms with Crippen LogP contribution >= 0.6 is 0 Å². The Bertz CT molecular complexity index is 667. The topological polar surface area (TPSA) is 93.2 Å². The van der Waals surface area contributed by atoms with Crippen molar-refractivity contribution < 1.29 is 9.90 Å². The van der Waals surface area contributed by atoms with E-state index in [1.807, 2.05) is 42.8 Å². The van der Waals surface area contributed by atoms with Crippen molar-refractivity contribution in [2.24, 2.45) is 11.7 Å². The minimum absolute atomic E-state index is 0.195. The summed E-state index contributed by atoms with van der Waals surface area (Å²) >= 11 is 0. The monoisotopic (exact) mass is 358 g/mol. The van der Waals surface area contributed by atoms with Crippen LogP contribution in [0, 0.1) is 5.92 Å². The summed E-state index contributed by atoms with van der Waals surface area (Å²) in [7, 11) is 0.